The first-order chi connectivity index (χ1) is 13.3. The minimum atomic E-state index is -5.08. The van der Waals surface area contributed by atoms with Gasteiger partial charge in [-0.25, -0.2) is 4.79 Å². The predicted molar refractivity (Wildman–Crippen MR) is 91.9 cm³/mol. The van der Waals surface area contributed by atoms with Crippen molar-refractivity contribution in [2.24, 2.45) is 0 Å². The summed E-state index contributed by atoms with van der Waals surface area (Å²) in [6.45, 7) is 5.17. The Morgan fingerprint density at radius 2 is 1.86 bits per heavy atom. The highest BCUT2D eigenvalue weighted by atomic mass is 19.4. The summed E-state index contributed by atoms with van der Waals surface area (Å²) in [5, 5.41) is 14.6. The topological polar surface area (TPSA) is 105 Å². The van der Waals surface area contributed by atoms with E-state index < -0.39 is 12.1 Å². The first-order valence-corrected chi connectivity index (χ1v) is 8.52. The summed E-state index contributed by atoms with van der Waals surface area (Å²) in [5.41, 5.74) is 0.993. The van der Waals surface area contributed by atoms with Gasteiger partial charge in [0.1, 0.15) is 0 Å². The van der Waals surface area contributed by atoms with Crippen molar-refractivity contribution in [2.45, 2.75) is 12.6 Å². The number of aliphatic carboxylic acids is 1. The number of nitrogens with one attached hydrogen (secondary N) is 1. The molecule has 0 bridgehead atoms. The van der Waals surface area contributed by atoms with E-state index in [1.165, 1.54) is 0 Å². The highest BCUT2D eigenvalue weighted by molar-refractivity contribution is 6.03. The molecule has 0 unspecified atom stereocenters. The summed E-state index contributed by atoms with van der Waals surface area (Å²) < 4.78 is 42.2. The molecule has 0 aliphatic carbocycles. The van der Waals surface area contributed by atoms with E-state index in [2.05, 4.69) is 15.4 Å². The monoisotopic (exact) mass is 403 g/mol. The molecule has 1 aromatic heterocycles. The number of aromatic nitrogens is 1. The molecular formula is C17H20F3N3O5. The molecule has 1 aliphatic rings. The lowest BCUT2D eigenvalue weighted by Gasteiger charge is -2.26. The minimum absolute atomic E-state index is 0.179. The Bertz CT molecular complexity index is 788. The molecule has 0 atom stereocenters. The number of morpholine rings is 1. The number of halogens is 3. The van der Waals surface area contributed by atoms with Crippen molar-refractivity contribution >= 4 is 22.8 Å². The zero-order valence-electron chi connectivity index (χ0n) is 14.9. The van der Waals surface area contributed by atoms with Crippen molar-refractivity contribution in [3.05, 3.63) is 30.0 Å². The summed E-state index contributed by atoms with van der Waals surface area (Å²) in [4.78, 5) is 23.3. The predicted octanol–water partition coefficient (Wildman–Crippen LogP) is 1.91. The standard InChI is InChI=1S/C15H19N3O3.C2HF3O2/c19-15(14-12-4-1-2-5-13(12)21-17-14)16-6-3-7-18-8-10-20-11-9-18;3-2(4,5)1(6)7/h1-2,4-5H,3,6-11H2,(H,16,19);(H,6,7). The fraction of sp³-hybridized carbons (Fsp3) is 0.471. The number of fused-ring (bicyclic) bond motifs is 1. The molecule has 28 heavy (non-hydrogen) atoms. The summed E-state index contributed by atoms with van der Waals surface area (Å²) in [5.74, 6) is -2.94. The van der Waals surface area contributed by atoms with Gasteiger partial charge >= 0.3 is 12.1 Å². The Morgan fingerprint density at radius 3 is 2.50 bits per heavy atom. The number of hydrogen-bond acceptors (Lipinski definition) is 6. The van der Waals surface area contributed by atoms with E-state index in [1.807, 2.05) is 18.2 Å². The Morgan fingerprint density at radius 1 is 1.21 bits per heavy atom. The molecule has 3 rings (SSSR count). The van der Waals surface area contributed by atoms with Gasteiger partial charge in [-0.3, -0.25) is 9.69 Å². The van der Waals surface area contributed by atoms with Crippen LogP contribution in [-0.4, -0.2) is 72.6 Å². The lowest BCUT2D eigenvalue weighted by atomic mass is 10.2. The second kappa shape index (κ2) is 10.0. The Labute approximate surface area is 158 Å². The van der Waals surface area contributed by atoms with Gasteiger partial charge in [-0.1, -0.05) is 17.3 Å². The lowest BCUT2D eigenvalue weighted by Crippen LogP contribution is -2.38. The molecule has 1 aromatic carbocycles. The minimum Gasteiger partial charge on any atom is -0.475 e. The number of hydrogen-bond donors (Lipinski definition) is 2. The van der Waals surface area contributed by atoms with Crippen molar-refractivity contribution < 1.29 is 37.1 Å². The van der Waals surface area contributed by atoms with E-state index in [0.717, 1.165) is 44.7 Å². The van der Waals surface area contributed by atoms with Gasteiger partial charge in [-0.15, -0.1) is 0 Å². The molecule has 2 N–H and O–H groups in total. The number of para-hydroxylation sites is 1. The summed E-state index contributed by atoms with van der Waals surface area (Å²) >= 11 is 0. The van der Waals surface area contributed by atoms with Gasteiger partial charge in [0, 0.05) is 19.6 Å². The first kappa shape index (κ1) is 21.6. The smallest absolute Gasteiger partial charge is 0.475 e. The molecule has 0 radical (unpaired) electrons. The molecule has 11 heteroatoms. The van der Waals surface area contributed by atoms with Crippen LogP contribution in [0.5, 0.6) is 0 Å². The number of carboxylic acid groups (broad SMARTS) is 1. The molecule has 0 spiro atoms. The number of carbonyl (C=O) groups excluding carboxylic acids is 1. The average Bonchev–Trinajstić information content (AvgIpc) is 3.10. The Kier molecular flexibility index (Phi) is 7.76. The van der Waals surface area contributed by atoms with Crippen LogP contribution >= 0.6 is 0 Å². The highest BCUT2D eigenvalue weighted by Crippen LogP contribution is 2.17. The van der Waals surface area contributed by atoms with Gasteiger partial charge in [0.15, 0.2) is 11.3 Å². The summed E-state index contributed by atoms with van der Waals surface area (Å²) in [6, 6.07) is 7.37. The van der Waals surface area contributed by atoms with Crippen LogP contribution in [0.25, 0.3) is 11.0 Å². The molecular weight excluding hydrogens is 383 g/mol. The first-order valence-electron chi connectivity index (χ1n) is 8.52. The number of alkyl halides is 3. The number of benzene rings is 1. The molecule has 8 nitrogen and oxygen atoms in total. The van der Waals surface area contributed by atoms with E-state index in [1.54, 1.807) is 6.07 Å². The molecule has 154 valence electrons. The summed E-state index contributed by atoms with van der Waals surface area (Å²) in [7, 11) is 0. The second-order valence-electron chi connectivity index (χ2n) is 5.89. The van der Waals surface area contributed by atoms with Crippen molar-refractivity contribution in [1.82, 2.24) is 15.4 Å². The van der Waals surface area contributed by atoms with Gasteiger partial charge in [-0.2, -0.15) is 13.2 Å². The quantitative estimate of drug-likeness (QED) is 0.735. The largest absolute Gasteiger partial charge is 0.490 e. The SMILES string of the molecule is O=C(NCCCN1CCOCC1)c1noc2ccccc12.O=C(O)C(F)(F)F. The number of rotatable bonds is 5. The second-order valence-corrected chi connectivity index (χ2v) is 5.89. The van der Waals surface area contributed by atoms with E-state index in [9.17, 15) is 18.0 Å². The van der Waals surface area contributed by atoms with Crippen molar-refractivity contribution in [2.75, 3.05) is 39.4 Å². The van der Waals surface area contributed by atoms with Crippen molar-refractivity contribution in [3.8, 4) is 0 Å². The fourth-order valence-electron chi connectivity index (χ4n) is 2.46. The van der Waals surface area contributed by atoms with Crippen LogP contribution < -0.4 is 5.32 Å². The molecule has 2 heterocycles. The Hall–Kier alpha value is -2.66. The van der Waals surface area contributed by atoms with Gasteiger partial charge < -0.3 is 19.7 Å². The van der Waals surface area contributed by atoms with Gasteiger partial charge in [-0.05, 0) is 25.1 Å². The maximum Gasteiger partial charge on any atom is 0.490 e. The number of carbonyl (C=O) groups is 2. The van der Waals surface area contributed by atoms with E-state index in [-0.39, 0.29) is 5.91 Å². The summed E-state index contributed by atoms with van der Waals surface area (Å²) in [6.07, 6.45) is -4.17. The van der Waals surface area contributed by atoms with Crippen LogP contribution in [0, 0.1) is 0 Å². The van der Waals surface area contributed by atoms with Gasteiger partial charge in [0.25, 0.3) is 5.91 Å². The molecule has 0 saturated carbocycles. The molecule has 1 amide bonds. The van der Waals surface area contributed by atoms with E-state index in [4.69, 9.17) is 19.2 Å². The third-order valence-corrected chi connectivity index (χ3v) is 3.88. The van der Waals surface area contributed by atoms with Crippen LogP contribution in [0.1, 0.15) is 16.9 Å². The average molecular weight is 403 g/mol. The van der Waals surface area contributed by atoms with Crippen LogP contribution in [0.15, 0.2) is 28.8 Å². The fourth-order valence-corrected chi connectivity index (χ4v) is 2.46. The third-order valence-electron chi connectivity index (χ3n) is 3.88. The zero-order chi connectivity index (χ0) is 20.6. The maximum atomic E-state index is 12.1. The number of amides is 1. The highest BCUT2D eigenvalue weighted by Gasteiger charge is 2.38. The number of nitrogens with zero attached hydrogens (tertiary/aromatic N) is 2. The van der Waals surface area contributed by atoms with Crippen molar-refractivity contribution in [1.29, 1.82) is 0 Å². The molecule has 2 aromatic rings. The number of carboxylic acids is 1. The molecule has 1 aliphatic heterocycles. The Balaban J connectivity index is 0.000000345. The van der Waals surface area contributed by atoms with Crippen molar-refractivity contribution in [3.63, 3.8) is 0 Å². The lowest BCUT2D eigenvalue weighted by molar-refractivity contribution is -0.192. The van der Waals surface area contributed by atoms with Gasteiger partial charge in [0.2, 0.25) is 0 Å². The third kappa shape index (κ3) is 6.50. The van der Waals surface area contributed by atoms with Crippen LogP contribution in [0.4, 0.5) is 13.2 Å². The van der Waals surface area contributed by atoms with Crippen LogP contribution in [0.2, 0.25) is 0 Å². The van der Waals surface area contributed by atoms with Crippen LogP contribution in [0.3, 0.4) is 0 Å². The molecule has 1 saturated heterocycles. The van der Waals surface area contributed by atoms with Gasteiger partial charge in [0.05, 0.1) is 18.6 Å². The molecule has 1 fully saturated rings. The maximum absolute atomic E-state index is 12.1. The normalized spacial score (nSPS) is 15.0. The van der Waals surface area contributed by atoms with E-state index >= 15 is 0 Å². The zero-order valence-corrected chi connectivity index (χ0v) is 14.9. The van der Waals surface area contributed by atoms with E-state index in [0.29, 0.717) is 17.8 Å². The number of ether oxygens (including phenoxy) is 1. The van der Waals surface area contributed by atoms with Crippen LogP contribution in [-0.2, 0) is 9.53 Å².